The van der Waals surface area contributed by atoms with E-state index in [1.807, 2.05) is 0 Å². The highest BCUT2D eigenvalue weighted by molar-refractivity contribution is 7.73. The zero-order valence-electron chi connectivity index (χ0n) is 7.66. The van der Waals surface area contributed by atoms with Crippen molar-refractivity contribution in [3.05, 3.63) is 3.95 Å². The Kier molecular flexibility index (Phi) is 4.34. The summed E-state index contributed by atoms with van der Waals surface area (Å²) in [5, 5.41) is 10.8. The minimum absolute atomic E-state index is 0.305. The minimum Gasteiger partial charge on any atom is -0.383 e. The lowest BCUT2D eigenvalue weighted by Crippen LogP contribution is -2.23. The molecule has 1 heterocycles. The first-order valence-corrected chi connectivity index (χ1v) is 5.29. The van der Waals surface area contributed by atoms with E-state index >= 15 is 0 Å². The van der Waals surface area contributed by atoms with Gasteiger partial charge in [-0.1, -0.05) is 18.3 Å². The summed E-state index contributed by atoms with van der Waals surface area (Å²) in [4.78, 5) is 0. The van der Waals surface area contributed by atoms with Crippen LogP contribution in [0.4, 0.5) is 5.13 Å². The largest absolute Gasteiger partial charge is 0.383 e. The smallest absolute Gasteiger partial charge is 0.204 e. The summed E-state index contributed by atoms with van der Waals surface area (Å²) in [7, 11) is 1.69. The van der Waals surface area contributed by atoms with E-state index in [1.165, 1.54) is 11.3 Å². The van der Waals surface area contributed by atoms with Crippen LogP contribution in [0.15, 0.2) is 0 Å². The Morgan fingerprint density at radius 3 is 3.00 bits per heavy atom. The topological polar surface area (TPSA) is 49.9 Å². The molecular formula is C7H13N3OS2. The number of rotatable bonds is 5. The van der Waals surface area contributed by atoms with Crippen LogP contribution in [-0.4, -0.2) is 30.0 Å². The van der Waals surface area contributed by atoms with E-state index in [1.54, 1.807) is 7.11 Å². The molecule has 0 saturated carbocycles. The van der Waals surface area contributed by atoms with Crippen molar-refractivity contribution in [3.63, 3.8) is 0 Å². The molecule has 0 saturated heterocycles. The lowest BCUT2D eigenvalue weighted by molar-refractivity contribution is 0.184. The fourth-order valence-corrected chi connectivity index (χ4v) is 1.80. The molecule has 1 atom stereocenters. The first kappa shape index (κ1) is 10.6. The average molecular weight is 219 g/mol. The number of aromatic amines is 1. The predicted octanol–water partition coefficient (Wildman–Crippen LogP) is 2.04. The molecule has 0 aromatic carbocycles. The summed E-state index contributed by atoms with van der Waals surface area (Å²) in [5.74, 6) is 0. The number of anilines is 1. The van der Waals surface area contributed by atoms with E-state index in [-0.39, 0.29) is 0 Å². The van der Waals surface area contributed by atoms with Gasteiger partial charge in [-0.25, -0.2) is 0 Å². The van der Waals surface area contributed by atoms with Crippen molar-refractivity contribution >= 4 is 28.7 Å². The van der Waals surface area contributed by atoms with Crippen LogP contribution < -0.4 is 5.32 Å². The van der Waals surface area contributed by atoms with E-state index in [9.17, 15) is 0 Å². The van der Waals surface area contributed by atoms with Crippen molar-refractivity contribution in [1.29, 1.82) is 0 Å². The molecule has 0 spiro atoms. The Morgan fingerprint density at radius 2 is 2.54 bits per heavy atom. The van der Waals surface area contributed by atoms with Gasteiger partial charge < -0.3 is 10.1 Å². The Labute approximate surface area is 86.3 Å². The maximum atomic E-state index is 5.05. The van der Waals surface area contributed by atoms with Crippen molar-refractivity contribution in [1.82, 2.24) is 10.2 Å². The first-order valence-electron chi connectivity index (χ1n) is 4.07. The number of hydrogen-bond acceptors (Lipinski definition) is 5. The van der Waals surface area contributed by atoms with Gasteiger partial charge in [-0.15, -0.1) is 5.10 Å². The summed E-state index contributed by atoms with van der Waals surface area (Å²) >= 11 is 6.35. The highest BCUT2D eigenvalue weighted by Gasteiger charge is 2.06. The van der Waals surface area contributed by atoms with Gasteiger partial charge in [0.15, 0.2) is 3.95 Å². The van der Waals surface area contributed by atoms with Crippen molar-refractivity contribution in [2.45, 2.75) is 19.4 Å². The second kappa shape index (κ2) is 5.31. The van der Waals surface area contributed by atoms with Crippen molar-refractivity contribution in [2.75, 3.05) is 19.0 Å². The standard InChI is InChI=1S/C7H13N3OS2/c1-3-5(4-11-2)8-6-9-10-7(12)13-6/h5H,3-4H2,1-2H3,(H,8,9)(H,10,12). The Balaban J connectivity index is 2.51. The van der Waals surface area contributed by atoms with Gasteiger partial charge in [-0.05, 0) is 18.6 Å². The van der Waals surface area contributed by atoms with Gasteiger partial charge in [0.2, 0.25) is 5.13 Å². The van der Waals surface area contributed by atoms with Gasteiger partial charge >= 0.3 is 0 Å². The Hall–Kier alpha value is -0.460. The zero-order valence-corrected chi connectivity index (χ0v) is 9.30. The Bertz CT molecular complexity index is 296. The third-order valence-electron chi connectivity index (χ3n) is 1.63. The molecule has 0 aliphatic carbocycles. The third kappa shape index (κ3) is 3.41. The van der Waals surface area contributed by atoms with Gasteiger partial charge in [0, 0.05) is 7.11 Å². The van der Waals surface area contributed by atoms with Gasteiger partial charge in [-0.2, -0.15) is 0 Å². The molecule has 1 aromatic rings. The number of aromatic nitrogens is 2. The zero-order chi connectivity index (χ0) is 9.68. The summed E-state index contributed by atoms with van der Waals surface area (Å²) in [6.07, 6.45) is 1.00. The van der Waals surface area contributed by atoms with Gasteiger partial charge in [-0.3, -0.25) is 5.10 Å². The molecule has 0 aliphatic heterocycles. The highest BCUT2D eigenvalue weighted by atomic mass is 32.1. The number of nitrogens with zero attached hydrogens (tertiary/aromatic N) is 1. The lowest BCUT2D eigenvalue weighted by Gasteiger charge is -2.13. The summed E-state index contributed by atoms with van der Waals surface area (Å²) < 4.78 is 5.74. The van der Waals surface area contributed by atoms with Crippen LogP contribution in [0.3, 0.4) is 0 Å². The number of H-pyrrole nitrogens is 1. The van der Waals surface area contributed by atoms with Crippen LogP contribution in [0.5, 0.6) is 0 Å². The fraction of sp³-hybridized carbons (Fsp3) is 0.714. The van der Waals surface area contributed by atoms with Crippen LogP contribution in [0.2, 0.25) is 0 Å². The molecule has 1 unspecified atom stereocenters. The van der Waals surface area contributed by atoms with Crippen LogP contribution >= 0.6 is 23.6 Å². The predicted molar refractivity (Wildman–Crippen MR) is 56.9 cm³/mol. The molecule has 1 rings (SSSR count). The maximum absolute atomic E-state index is 5.05. The second-order valence-electron chi connectivity index (χ2n) is 2.62. The molecule has 6 heteroatoms. The molecule has 74 valence electrons. The summed E-state index contributed by atoms with van der Waals surface area (Å²) in [6, 6.07) is 0.305. The SMILES string of the molecule is CCC(COC)Nc1n[nH]c(=S)s1. The molecule has 0 aliphatic rings. The minimum atomic E-state index is 0.305. The fourth-order valence-electron chi connectivity index (χ4n) is 0.929. The number of hydrogen-bond donors (Lipinski definition) is 2. The molecule has 13 heavy (non-hydrogen) atoms. The monoisotopic (exact) mass is 219 g/mol. The third-order valence-corrected chi connectivity index (χ3v) is 2.65. The number of ether oxygens (including phenoxy) is 1. The van der Waals surface area contributed by atoms with Crippen molar-refractivity contribution in [3.8, 4) is 0 Å². The average Bonchev–Trinajstić information content (AvgIpc) is 2.50. The number of nitrogens with one attached hydrogen (secondary N) is 2. The Morgan fingerprint density at radius 1 is 1.77 bits per heavy atom. The second-order valence-corrected chi connectivity index (χ2v) is 4.29. The van der Waals surface area contributed by atoms with Gasteiger partial charge in [0.1, 0.15) is 0 Å². The van der Waals surface area contributed by atoms with Crippen LogP contribution in [0, 0.1) is 3.95 Å². The molecule has 0 bridgehead atoms. The van der Waals surface area contributed by atoms with E-state index in [2.05, 4.69) is 22.4 Å². The summed E-state index contributed by atoms with van der Waals surface area (Å²) in [5.41, 5.74) is 0. The molecule has 0 amide bonds. The van der Waals surface area contributed by atoms with Gasteiger partial charge in [0.05, 0.1) is 12.6 Å². The quantitative estimate of drug-likeness (QED) is 0.744. The number of methoxy groups -OCH3 is 1. The molecular weight excluding hydrogens is 206 g/mol. The normalized spacial score (nSPS) is 12.8. The van der Waals surface area contributed by atoms with E-state index in [0.29, 0.717) is 16.6 Å². The van der Waals surface area contributed by atoms with E-state index in [0.717, 1.165) is 11.6 Å². The first-order chi connectivity index (χ1) is 6.26. The van der Waals surface area contributed by atoms with Crippen molar-refractivity contribution in [2.24, 2.45) is 0 Å². The van der Waals surface area contributed by atoms with Crippen LogP contribution in [0.25, 0.3) is 0 Å². The lowest BCUT2D eigenvalue weighted by atomic mass is 10.2. The summed E-state index contributed by atoms with van der Waals surface area (Å²) in [6.45, 7) is 2.78. The molecule has 0 radical (unpaired) electrons. The maximum Gasteiger partial charge on any atom is 0.204 e. The van der Waals surface area contributed by atoms with E-state index in [4.69, 9.17) is 17.0 Å². The van der Waals surface area contributed by atoms with Gasteiger partial charge in [0.25, 0.3) is 0 Å². The molecule has 0 fully saturated rings. The highest BCUT2D eigenvalue weighted by Crippen LogP contribution is 2.13. The molecule has 1 aromatic heterocycles. The molecule has 2 N–H and O–H groups in total. The van der Waals surface area contributed by atoms with Crippen molar-refractivity contribution < 1.29 is 4.74 Å². The van der Waals surface area contributed by atoms with Crippen LogP contribution in [-0.2, 0) is 4.74 Å². The van der Waals surface area contributed by atoms with Crippen LogP contribution in [0.1, 0.15) is 13.3 Å². The molecule has 4 nitrogen and oxygen atoms in total. The van der Waals surface area contributed by atoms with E-state index < -0.39 is 0 Å².